The third-order valence-corrected chi connectivity index (χ3v) is 5.10. The third kappa shape index (κ3) is 4.14. The van der Waals surface area contributed by atoms with Crippen LogP contribution < -0.4 is 8.71 Å². The molecule has 0 saturated carbocycles. The maximum absolute atomic E-state index is 11.9. The first-order valence-electron chi connectivity index (χ1n) is 5.81. The van der Waals surface area contributed by atoms with Gasteiger partial charge in [-0.2, -0.15) is 0 Å². The Labute approximate surface area is 127 Å². The normalized spacial score (nSPS) is 14.6. The van der Waals surface area contributed by atoms with E-state index in [-0.39, 0.29) is 17.2 Å². The van der Waals surface area contributed by atoms with Crippen molar-refractivity contribution >= 4 is 23.2 Å². The minimum atomic E-state index is -4.59. The van der Waals surface area contributed by atoms with E-state index >= 15 is 0 Å². The molecule has 0 fully saturated rings. The van der Waals surface area contributed by atoms with E-state index in [2.05, 4.69) is 0 Å². The Hall–Kier alpha value is -2.22. The molecule has 0 aliphatic heterocycles. The summed E-state index contributed by atoms with van der Waals surface area (Å²) in [6, 6.07) is 12.2. The lowest BCUT2D eigenvalue weighted by Gasteiger charge is -2.12. The van der Waals surface area contributed by atoms with Crippen LogP contribution in [0.4, 0.5) is 5.69 Å². The van der Waals surface area contributed by atoms with Crippen molar-refractivity contribution in [1.29, 1.82) is 0 Å². The van der Waals surface area contributed by atoms with Crippen molar-refractivity contribution in [3.05, 3.63) is 64.7 Å². The molecule has 2 aromatic rings. The topological polar surface area (TPSA) is 116 Å². The molecule has 2 atom stereocenters. The second-order valence-corrected chi connectivity index (χ2v) is 7.92. The molecule has 2 unspecified atom stereocenters. The van der Waals surface area contributed by atoms with Crippen molar-refractivity contribution in [2.24, 2.45) is 0 Å². The van der Waals surface area contributed by atoms with Gasteiger partial charge in [-0.1, -0.05) is 18.2 Å². The number of benzene rings is 2. The molecule has 2 aromatic carbocycles. The lowest BCUT2D eigenvalue weighted by Crippen LogP contribution is -2.06. The maximum atomic E-state index is 11.9. The van der Waals surface area contributed by atoms with Crippen LogP contribution >= 0.6 is 6.80 Å². The van der Waals surface area contributed by atoms with Crippen LogP contribution in [0.2, 0.25) is 0 Å². The molecule has 0 heterocycles. The first kappa shape index (κ1) is 16.2. The van der Waals surface area contributed by atoms with Gasteiger partial charge in [0.1, 0.15) is 11.5 Å². The number of hydrogen-bond acceptors (Lipinski definition) is 6. The van der Waals surface area contributed by atoms with Crippen LogP contribution in [0.5, 0.6) is 11.5 Å². The minimum Gasteiger partial charge on any atom is -0.414 e. The zero-order chi connectivity index (χ0) is 16.2. The quantitative estimate of drug-likeness (QED) is 0.487. The zero-order valence-electron chi connectivity index (χ0n) is 10.9. The molecule has 0 bridgehead atoms. The van der Waals surface area contributed by atoms with E-state index in [0.717, 1.165) is 12.1 Å². The number of rotatable bonds is 6. The van der Waals surface area contributed by atoms with Gasteiger partial charge in [0.25, 0.3) is 5.69 Å². The molecular formula is C12H10NO7PS. The Morgan fingerprint density at radius 3 is 2.18 bits per heavy atom. The first-order chi connectivity index (χ1) is 10.4. The number of hydrogen-bond donors (Lipinski definition) is 1. The van der Waals surface area contributed by atoms with Crippen molar-refractivity contribution in [2.75, 3.05) is 0 Å². The lowest BCUT2D eigenvalue weighted by atomic mass is 10.3. The molecular weight excluding hydrogens is 333 g/mol. The van der Waals surface area contributed by atoms with Crippen LogP contribution in [0.15, 0.2) is 54.6 Å². The molecule has 0 aliphatic carbocycles. The van der Waals surface area contributed by atoms with Crippen LogP contribution in [0.1, 0.15) is 0 Å². The minimum absolute atomic E-state index is 0.0603. The van der Waals surface area contributed by atoms with Crippen LogP contribution in [0, 0.1) is 10.1 Å². The number of nitro groups is 1. The average molecular weight is 343 g/mol. The smallest absolute Gasteiger partial charge is 0.414 e. The number of nitrogens with zero attached hydrogens (tertiary/aromatic N) is 1. The number of para-hydroxylation sites is 1. The second kappa shape index (κ2) is 6.69. The molecule has 116 valence electrons. The largest absolute Gasteiger partial charge is 0.505 e. The molecule has 8 nitrogen and oxygen atoms in total. The molecule has 2 rings (SSSR count). The van der Waals surface area contributed by atoms with Gasteiger partial charge in [-0.05, 0) is 24.3 Å². The summed E-state index contributed by atoms with van der Waals surface area (Å²) in [5.74, 6) is 0.00357. The van der Waals surface area contributed by atoms with E-state index in [1.807, 2.05) is 0 Å². The number of non-ortho nitro benzene ring substituents is 1. The molecule has 0 aliphatic rings. The summed E-state index contributed by atoms with van der Waals surface area (Å²) < 4.78 is 33.2. The Bertz CT molecular complexity index is 735. The molecule has 0 amide bonds. The SMILES string of the molecule is O=[N+]([O-])c1ccc(OS(=O)P(=O)(O)Oc2ccccc2)cc1. The van der Waals surface area contributed by atoms with Crippen molar-refractivity contribution < 1.29 is 27.3 Å². The molecule has 22 heavy (non-hydrogen) atoms. The fourth-order valence-corrected chi connectivity index (χ4v) is 3.20. The van der Waals surface area contributed by atoms with Gasteiger partial charge in [0.2, 0.25) is 0 Å². The summed E-state index contributed by atoms with van der Waals surface area (Å²) in [5, 5.41) is 10.5. The fourth-order valence-electron chi connectivity index (χ4n) is 1.40. The average Bonchev–Trinajstić information content (AvgIpc) is 2.48. The highest BCUT2D eigenvalue weighted by atomic mass is 32.8. The van der Waals surface area contributed by atoms with Gasteiger partial charge in [-0.25, -0.2) is 8.77 Å². The third-order valence-electron chi connectivity index (χ3n) is 2.37. The van der Waals surface area contributed by atoms with Crippen LogP contribution in [-0.4, -0.2) is 14.0 Å². The van der Waals surface area contributed by atoms with Gasteiger partial charge in [0, 0.05) is 12.1 Å². The van der Waals surface area contributed by atoms with Crippen LogP contribution in [-0.2, 0) is 15.3 Å². The Kier molecular flexibility index (Phi) is 4.92. The van der Waals surface area contributed by atoms with E-state index < -0.39 is 22.4 Å². The summed E-state index contributed by atoms with van der Waals surface area (Å²) in [6.45, 7) is -4.59. The van der Waals surface area contributed by atoms with Crippen molar-refractivity contribution in [3.8, 4) is 11.5 Å². The highest BCUT2D eigenvalue weighted by molar-refractivity contribution is 8.43. The van der Waals surface area contributed by atoms with Gasteiger partial charge in [0.15, 0.2) is 0 Å². The predicted octanol–water partition coefficient (Wildman–Crippen LogP) is 2.82. The van der Waals surface area contributed by atoms with E-state index in [1.165, 1.54) is 24.3 Å². The molecule has 0 aromatic heterocycles. The van der Waals surface area contributed by atoms with E-state index in [4.69, 9.17) is 8.71 Å². The Morgan fingerprint density at radius 1 is 1.05 bits per heavy atom. The van der Waals surface area contributed by atoms with Gasteiger partial charge in [-0.3, -0.25) is 10.1 Å². The number of nitro benzene ring substituents is 1. The summed E-state index contributed by atoms with van der Waals surface area (Å²) in [4.78, 5) is 19.5. The van der Waals surface area contributed by atoms with Gasteiger partial charge in [-0.15, -0.1) is 0 Å². The predicted molar refractivity (Wildman–Crippen MR) is 78.8 cm³/mol. The fraction of sp³-hybridized carbons (Fsp3) is 0. The molecule has 0 spiro atoms. The summed E-state index contributed by atoms with van der Waals surface area (Å²) in [5.41, 5.74) is -0.189. The highest BCUT2D eigenvalue weighted by Crippen LogP contribution is 2.47. The lowest BCUT2D eigenvalue weighted by molar-refractivity contribution is -0.384. The Balaban J connectivity index is 2.07. The molecule has 1 N–H and O–H groups in total. The monoisotopic (exact) mass is 343 g/mol. The van der Waals surface area contributed by atoms with Crippen molar-refractivity contribution in [3.63, 3.8) is 0 Å². The second-order valence-electron chi connectivity index (χ2n) is 3.92. The first-order valence-corrected chi connectivity index (χ1v) is 9.07. The molecule has 0 radical (unpaired) electrons. The van der Waals surface area contributed by atoms with E-state index in [0.29, 0.717) is 0 Å². The van der Waals surface area contributed by atoms with Crippen LogP contribution in [0.25, 0.3) is 0 Å². The van der Waals surface area contributed by atoms with E-state index in [1.54, 1.807) is 18.2 Å². The van der Waals surface area contributed by atoms with Gasteiger partial charge in [0.05, 0.1) is 4.92 Å². The Morgan fingerprint density at radius 2 is 1.64 bits per heavy atom. The summed E-state index contributed by atoms with van der Waals surface area (Å²) in [7, 11) is -2.68. The summed E-state index contributed by atoms with van der Waals surface area (Å²) >= 11 is 0. The molecule has 10 heteroatoms. The highest BCUT2D eigenvalue weighted by Gasteiger charge is 2.33. The van der Waals surface area contributed by atoms with Gasteiger partial charge >= 0.3 is 17.5 Å². The molecule has 0 saturated heterocycles. The van der Waals surface area contributed by atoms with Gasteiger partial charge < -0.3 is 13.6 Å². The van der Waals surface area contributed by atoms with Crippen molar-refractivity contribution in [1.82, 2.24) is 0 Å². The van der Waals surface area contributed by atoms with Crippen molar-refractivity contribution in [2.45, 2.75) is 0 Å². The summed E-state index contributed by atoms with van der Waals surface area (Å²) in [6.07, 6.45) is 0. The van der Waals surface area contributed by atoms with Crippen LogP contribution in [0.3, 0.4) is 0 Å². The standard InChI is InChI=1S/C12H10NO7PS/c14-13(15)10-6-8-12(9-7-10)20-22(18)21(16,17)19-11-4-2-1-3-5-11/h1-9H,(H,16,17). The van der Waals surface area contributed by atoms with E-state index in [9.17, 15) is 23.8 Å². The zero-order valence-corrected chi connectivity index (χ0v) is 12.6. The maximum Gasteiger partial charge on any atom is 0.505 e.